The first-order valence-electron chi connectivity index (χ1n) is 4.15. The van der Waals surface area contributed by atoms with E-state index in [9.17, 15) is 31.1 Å². The molecule has 0 aromatic heterocycles. The topological polar surface area (TPSA) is 38.3 Å². The zero-order valence-electron chi connectivity index (χ0n) is 8.58. The standard InChI is InChI=1S/C8H9F6NO2/c1-3-4-17-5(16)15-6(2,7(9,10)11)8(12,13)14/h3H,1,4H2,2H3,(H,15,16). The fourth-order valence-electron chi connectivity index (χ4n) is 0.677. The van der Waals surface area contributed by atoms with Gasteiger partial charge in [0.05, 0.1) is 0 Å². The van der Waals surface area contributed by atoms with Gasteiger partial charge in [-0.15, -0.1) is 0 Å². The van der Waals surface area contributed by atoms with Crippen LogP contribution >= 0.6 is 0 Å². The van der Waals surface area contributed by atoms with Crippen molar-refractivity contribution in [3.05, 3.63) is 12.7 Å². The third-order valence-electron chi connectivity index (χ3n) is 1.82. The summed E-state index contributed by atoms with van der Waals surface area (Å²) in [5.74, 6) is 0. The van der Waals surface area contributed by atoms with Gasteiger partial charge in [0.15, 0.2) is 0 Å². The number of ether oxygens (including phenoxy) is 1. The van der Waals surface area contributed by atoms with Crippen LogP contribution in [0.2, 0.25) is 0 Å². The fourth-order valence-corrected chi connectivity index (χ4v) is 0.677. The summed E-state index contributed by atoms with van der Waals surface area (Å²) in [5.41, 5.74) is -4.36. The van der Waals surface area contributed by atoms with Gasteiger partial charge in [-0.3, -0.25) is 5.32 Å². The Balaban J connectivity index is 4.99. The molecule has 0 aromatic carbocycles. The molecule has 0 heterocycles. The summed E-state index contributed by atoms with van der Waals surface area (Å²) in [4.78, 5) is 10.7. The minimum Gasteiger partial charge on any atom is -0.445 e. The second-order valence-corrected chi connectivity index (χ2v) is 3.13. The average Bonchev–Trinajstić information content (AvgIpc) is 2.10. The number of carbonyl (C=O) groups is 1. The van der Waals surface area contributed by atoms with Crippen molar-refractivity contribution in [1.29, 1.82) is 0 Å². The lowest BCUT2D eigenvalue weighted by Crippen LogP contribution is -2.65. The van der Waals surface area contributed by atoms with Crippen LogP contribution in [0.4, 0.5) is 31.1 Å². The summed E-state index contributed by atoms with van der Waals surface area (Å²) in [6.45, 7) is 2.38. The fraction of sp³-hybridized carbons (Fsp3) is 0.625. The molecule has 0 aromatic rings. The molecule has 0 rings (SSSR count). The van der Waals surface area contributed by atoms with Gasteiger partial charge in [-0.05, 0) is 6.92 Å². The molecule has 0 spiro atoms. The third kappa shape index (κ3) is 3.53. The lowest BCUT2D eigenvalue weighted by molar-refractivity contribution is -0.298. The molecule has 1 N–H and O–H groups in total. The molecule has 0 fully saturated rings. The van der Waals surface area contributed by atoms with Gasteiger partial charge in [-0.1, -0.05) is 12.7 Å². The zero-order valence-corrected chi connectivity index (χ0v) is 8.58. The van der Waals surface area contributed by atoms with Gasteiger partial charge in [0.25, 0.3) is 0 Å². The predicted octanol–water partition coefficient (Wildman–Crippen LogP) is 2.78. The van der Waals surface area contributed by atoms with E-state index in [0.717, 1.165) is 11.4 Å². The van der Waals surface area contributed by atoms with E-state index in [1.807, 2.05) is 0 Å². The number of amides is 1. The second-order valence-electron chi connectivity index (χ2n) is 3.13. The normalized spacial score (nSPS) is 13.1. The van der Waals surface area contributed by atoms with Crippen LogP contribution in [0.15, 0.2) is 12.7 Å². The van der Waals surface area contributed by atoms with E-state index in [2.05, 4.69) is 11.3 Å². The minimum absolute atomic E-state index is 0.192. The van der Waals surface area contributed by atoms with Gasteiger partial charge in [-0.2, -0.15) is 26.3 Å². The molecule has 100 valence electrons. The van der Waals surface area contributed by atoms with Crippen molar-refractivity contribution in [2.75, 3.05) is 6.61 Å². The molecule has 1 amide bonds. The largest absolute Gasteiger partial charge is 0.445 e. The van der Waals surface area contributed by atoms with Gasteiger partial charge in [0.2, 0.25) is 5.54 Å². The Bertz CT molecular complexity index is 281. The molecule has 0 saturated carbocycles. The van der Waals surface area contributed by atoms with E-state index in [1.165, 1.54) is 0 Å². The molecular formula is C8H9F6NO2. The summed E-state index contributed by atoms with van der Waals surface area (Å²) in [6, 6.07) is 0. The third-order valence-corrected chi connectivity index (χ3v) is 1.82. The highest BCUT2D eigenvalue weighted by atomic mass is 19.4. The Morgan fingerprint density at radius 2 is 1.65 bits per heavy atom. The van der Waals surface area contributed by atoms with Crippen LogP contribution in [-0.4, -0.2) is 30.6 Å². The summed E-state index contributed by atoms with van der Waals surface area (Å²) in [5, 5.41) is 0.749. The highest BCUT2D eigenvalue weighted by molar-refractivity contribution is 5.68. The van der Waals surface area contributed by atoms with Crippen LogP contribution < -0.4 is 5.32 Å². The first kappa shape index (κ1) is 15.6. The Kier molecular flexibility index (Phi) is 4.44. The monoisotopic (exact) mass is 265 g/mol. The molecule has 0 bridgehead atoms. The van der Waals surface area contributed by atoms with Crippen molar-refractivity contribution in [2.45, 2.75) is 24.8 Å². The Morgan fingerprint density at radius 1 is 1.24 bits per heavy atom. The first-order valence-corrected chi connectivity index (χ1v) is 4.15. The molecule has 0 aliphatic rings. The molecule has 0 atom stereocenters. The lowest BCUT2D eigenvalue weighted by atomic mass is 10.0. The van der Waals surface area contributed by atoms with Crippen molar-refractivity contribution in [1.82, 2.24) is 5.32 Å². The van der Waals surface area contributed by atoms with Crippen LogP contribution in [0.3, 0.4) is 0 Å². The number of hydrogen-bond acceptors (Lipinski definition) is 2. The number of alkyl halides is 6. The smallest absolute Gasteiger partial charge is 0.420 e. The zero-order chi connectivity index (χ0) is 13.9. The van der Waals surface area contributed by atoms with Gasteiger partial charge in [0.1, 0.15) is 6.61 Å². The number of hydrogen-bond donors (Lipinski definition) is 1. The van der Waals surface area contributed by atoms with Crippen molar-refractivity contribution in [3.63, 3.8) is 0 Å². The van der Waals surface area contributed by atoms with E-state index in [4.69, 9.17) is 0 Å². The molecule has 0 aliphatic heterocycles. The highest BCUT2D eigenvalue weighted by Crippen LogP contribution is 2.42. The molecule has 0 aliphatic carbocycles. The summed E-state index contributed by atoms with van der Waals surface area (Å²) in [7, 11) is 0. The molecule has 9 heteroatoms. The van der Waals surface area contributed by atoms with Crippen LogP contribution in [-0.2, 0) is 4.74 Å². The summed E-state index contributed by atoms with van der Waals surface area (Å²) >= 11 is 0. The molecular weight excluding hydrogens is 256 g/mol. The van der Waals surface area contributed by atoms with E-state index in [0.29, 0.717) is 0 Å². The van der Waals surface area contributed by atoms with Crippen LogP contribution in [0.5, 0.6) is 0 Å². The number of rotatable bonds is 3. The lowest BCUT2D eigenvalue weighted by Gasteiger charge is -2.33. The maximum absolute atomic E-state index is 12.3. The molecule has 17 heavy (non-hydrogen) atoms. The van der Waals surface area contributed by atoms with Crippen molar-refractivity contribution in [2.24, 2.45) is 0 Å². The average molecular weight is 265 g/mol. The van der Waals surface area contributed by atoms with Crippen LogP contribution in [0, 0.1) is 0 Å². The van der Waals surface area contributed by atoms with Gasteiger partial charge in [-0.25, -0.2) is 4.79 Å². The van der Waals surface area contributed by atoms with Crippen LogP contribution in [0.25, 0.3) is 0 Å². The minimum atomic E-state index is -5.70. The second kappa shape index (κ2) is 4.84. The van der Waals surface area contributed by atoms with E-state index >= 15 is 0 Å². The van der Waals surface area contributed by atoms with Crippen molar-refractivity contribution in [3.8, 4) is 0 Å². The number of carbonyl (C=O) groups excluding carboxylic acids is 1. The summed E-state index contributed by atoms with van der Waals surface area (Å²) < 4.78 is 77.6. The van der Waals surface area contributed by atoms with Crippen molar-refractivity contribution >= 4 is 6.09 Å². The number of alkyl carbamates (subject to hydrolysis) is 1. The first-order chi connectivity index (χ1) is 7.45. The van der Waals surface area contributed by atoms with Crippen LogP contribution in [0.1, 0.15) is 6.92 Å². The van der Waals surface area contributed by atoms with Gasteiger partial charge in [0, 0.05) is 0 Å². The number of nitrogens with one attached hydrogen (secondary N) is 1. The maximum Gasteiger partial charge on any atom is 0.420 e. The number of halogens is 6. The van der Waals surface area contributed by atoms with E-state index in [-0.39, 0.29) is 6.92 Å². The van der Waals surface area contributed by atoms with E-state index in [1.54, 1.807) is 0 Å². The maximum atomic E-state index is 12.3. The predicted molar refractivity (Wildman–Crippen MR) is 45.2 cm³/mol. The molecule has 0 radical (unpaired) electrons. The Morgan fingerprint density at radius 3 is 1.94 bits per heavy atom. The SMILES string of the molecule is C=CCOC(=O)NC(C)(C(F)(F)F)C(F)(F)F. The molecule has 0 saturated heterocycles. The molecule has 0 unspecified atom stereocenters. The van der Waals surface area contributed by atoms with Crippen molar-refractivity contribution < 1.29 is 35.9 Å². The van der Waals surface area contributed by atoms with Gasteiger partial charge < -0.3 is 4.74 Å². The van der Waals surface area contributed by atoms with Gasteiger partial charge >= 0.3 is 18.4 Å². The van der Waals surface area contributed by atoms with E-state index < -0.39 is 30.6 Å². The molecule has 3 nitrogen and oxygen atoms in total. The Hall–Kier alpha value is -1.41. The Labute approximate surface area is 92.4 Å². The highest BCUT2D eigenvalue weighted by Gasteiger charge is 2.68. The summed E-state index contributed by atoms with van der Waals surface area (Å²) in [6.07, 6.45) is -12.2. The quantitative estimate of drug-likeness (QED) is 0.629.